The van der Waals surface area contributed by atoms with Crippen molar-refractivity contribution < 1.29 is 9.18 Å². The second-order valence-corrected chi connectivity index (χ2v) is 7.68. The van der Waals surface area contributed by atoms with Crippen LogP contribution in [0, 0.1) is 5.82 Å². The molecule has 1 aliphatic rings. The van der Waals surface area contributed by atoms with E-state index in [4.69, 9.17) is 0 Å². The van der Waals surface area contributed by atoms with Crippen molar-refractivity contribution in [3.8, 4) is 11.3 Å². The summed E-state index contributed by atoms with van der Waals surface area (Å²) in [5, 5.41) is 4.31. The van der Waals surface area contributed by atoms with Crippen molar-refractivity contribution in [2.24, 2.45) is 0 Å². The Balaban J connectivity index is 1.33. The maximum Gasteiger partial charge on any atom is 0.267 e. The zero-order valence-electron chi connectivity index (χ0n) is 17.3. The highest BCUT2D eigenvalue weighted by Crippen LogP contribution is 2.15. The summed E-state index contributed by atoms with van der Waals surface area (Å²) in [5.74, 6) is -0.455. The van der Waals surface area contributed by atoms with E-state index in [2.05, 4.69) is 22.1 Å². The van der Waals surface area contributed by atoms with Gasteiger partial charge in [-0.3, -0.25) is 14.5 Å². The minimum Gasteiger partial charge on any atom is -0.339 e. The number of aromatic nitrogens is 2. The minimum absolute atomic E-state index is 0.0993. The number of benzene rings is 2. The summed E-state index contributed by atoms with van der Waals surface area (Å²) in [5.41, 5.74) is 2.20. The topological polar surface area (TPSA) is 58.4 Å². The van der Waals surface area contributed by atoms with Gasteiger partial charge in [0, 0.05) is 44.4 Å². The second-order valence-electron chi connectivity index (χ2n) is 7.68. The van der Waals surface area contributed by atoms with E-state index in [-0.39, 0.29) is 23.8 Å². The molecule has 0 spiro atoms. The molecule has 7 heteroatoms. The number of carbonyl (C=O) groups is 1. The molecule has 31 heavy (non-hydrogen) atoms. The molecule has 160 valence electrons. The Morgan fingerprint density at radius 1 is 0.903 bits per heavy atom. The van der Waals surface area contributed by atoms with Crippen LogP contribution in [0.1, 0.15) is 5.56 Å². The molecule has 1 saturated heterocycles. The van der Waals surface area contributed by atoms with Crippen molar-refractivity contribution in [2.75, 3.05) is 32.7 Å². The summed E-state index contributed by atoms with van der Waals surface area (Å²) in [6.45, 7) is 3.78. The molecule has 0 unspecified atom stereocenters. The van der Waals surface area contributed by atoms with Crippen LogP contribution in [0.5, 0.6) is 0 Å². The van der Waals surface area contributed by atoms with E-state index >= 15 is 0 Å². The largest absolute Gasteiger partial charge is 0.339 e. The molecule has 3 aromatic rings. The number of hydrogen-bond donors (Lipinski definition) is 0. The maximum atomic E-state index is 13.2. The van der Waals surface area contributed by atoms with Gasteiger partial charge in [0.25, 0.3) is 5.56 Å². The average molecular weight is 420 g/mol. The number of nitrogens with zero attached hydrogens (tertiary/aromatic N) is 4. The van der Waals surface area contributed by atoms with Crippen LogP contribution in [0.4, 0.5) is 4.39 Å². The van der Waals surface area contributed by atoms with Crippen molar-refractivity contribution in [1.29, 1.82) is 0 Å². The van der Waals surface area contributed by atoms with Crippen LogP contribution < -0.4 is 5.56 Å². The lowest BCUT2D eigenvalue weighted by atomic mass is 10.1. The first-order valence-corrected chi connectivity index (χ1v) is 10.5. The molecule has 0 N–H and O–H groups in total. The molecule has 1 aromatic heterocycles. The van der Waals surface area contributed by atoms with Gasteiger partial charge in [0.15, 0.2) is 0 Å². The van der Waals surface area contributed by atoms with Crippen LogP contribution in [0.25, 0.3) is 11.3 Å². The molecule has 0 bridgehead atoms. The molecular weight excluding hydrogens is 395 g/mol. The van der Waals surface area contributed by atoms with Gasteiger partial charge in [-0.05, 0) is 42.3 Å². The van der Waals surface area contributed by atoms with Gasteiger partial charge in [0.1, 0.15) is 12.4 Å². The summed E-state index contributed by atoms with van der Waals surface area (Å²) in [6, 6.07) is 19.2. The second kappa shape index (κ2) is 9.66. The fraction of sp³-hybridized carbons (Fsp3) is 0.292. The number of halogens is 1. The van der Waals surface area contributed by atoms with Gasteiger partial charge >= 0.3 is 0 Å². The SMILES string of the molecule is O=C(Cn1nc(-c2ccc(F)cc2)ccc1=O)N1CCN(CCc2ccccc2)CC1. The molecule has 0 aliphatic carbocycles. The van der Waals surface area contributed by atoms with E-state index in [1.54, 1.807) is 23.1 Å². The first-order valence-electron chi connectivity index (χ1n) is 10.5. The first-order chi connectivity index (χ1) is 15.1. The molecule has 0 atom stereocenters. The highest BCUT2D eigenvalue weighted by molar-refractivity contribution is 5.76. The molecule has 1 amide bonds. The molecule has 0 saturated carbocycles. The van der Waals surface area contributed by atoms with Gasteiger partial charge in [-0.25, -0.2) is 9.07 Å². The zero-order valence-corrected chi connectivity index (χ0v) is 17.3. The summed E-state index contributed by atoms with van der Waals surface area (Å²) >= 11 is 0. The van der Waals surface area contributed by atoms with Crippen LogP contribution in [-0.2, 0) is 17.8 Å². The number of hydrogen-bond acceptors (Lipinski definition) is 4. The van der Waals surface area contributed by atoms with Crippen molar-refractivity contribution in [2.45, 2.75) is 13.0 Å². The Labute approximate surface area is 180 Å². The van der Waals surface area contributed by atoms with Crippen molar-refractivity contribution in [3.63, 3.8) is 0 Å². The quantitative estimate of drug-likeness (QED) is 0.615. The van der Waals surface area contributed by atoms with E-state index in [0.717, 1.165) is 26.1 Å². The van der Waals surface area contributed by atoms with E-state index in [1.165, 1.54) is 28.4 Å². The summed E-state index contributed by atoms with van der Waals surface area (Å²) in [6.07, 6.45) is 0.990. The summed E-state index contributed by atoms with van der Waals surface area (Å²) < 4.78 is 14.3. The smallest absolute Gasteiger partial charge is 0.267 e. The van der Waals surface area contributed by atoms with Gasteiger partial charge in [-0.15, -0.1) is 0 Å². The molecular formula is C24H25FN4O2. The number of amides is 1. The van der Waals surface area contributed by atoms with Gasteiger partial charge < -0.3 is 4.90 Å². The van der Waals surface area contributed by atoms with Gasteiger partial charge in [-0.1, -0.05) is 30.3 Å². The van der Waals surface area contributed by atoms with E-state index < -0.39 is 0 Å². The lowest BCUT2D eigenvalue weighted by Gasteiger charge is -2.34. The number of carbonyl (C=O) groups excluding carboxylic acids is 1. The minimum atomic E-state index is -0.338. The Morgan fingerprint density at radius 2 is 1.61 bits per heavy atom. The average Bonchev–Trinajstić information content (AvgIpc) is 2.81. The highest BCUT2D eigenvalue weighted by atomic mass is 19.1. The highest BCUT2D eigenvalue weighted by Gasteiger charge is 2.21. The molecule has 6 nitrogen and oxygen atoms in total. The molecule has 1 aliphatic heterocycles. The van der Waals surface area contributed by atoms with Crippen molar-refractivity contribution >= 4 is 5.91 Å². The van der Waals surface area contributed by atoms with Crippen molar-refractivity contribution in [3.05, 3.63) is 88.5 Å². The lowest BCUT2D eigenvalue weighted by molar-refractivity contribution is -0.133. The van der Waals surface area contributed by atoms with Gasteiger partial charge in [-0.2, -0.15) is 5.10 Å². The maximum absolute atomic E-state index is 13.2. The third-order valence-corrected chi connectivity index (χ3v) is 5.58. The summed E-state index contributed by atoms with van der Waals surface area (Å²) in [7, 11) is 0. The molecule has 0 radical (unpaired) electrons. The molecule has 2 aromatic carbocycles. The zero-order chi connectivity index (χ0) is 21.6. The molecule has 2 heterocycles. The van der Waals surface area contributed by atoms with Crippen molar-refractivity contribution in [1.82, 2.24) is 19.6 Å². The standard InChI is InChI=1S/C24H25FN4O2/c25-21-8-6-20(7-9-21)22-10-11-23(30)29(26-22)18-24(31)28-16-14-27(15-17-28)13-12-19-4-2-1-3-5-19/h1-11H,12-18H2. The fourth-order valence-electron chi connectivity index (χ4n) is 3.72. The monoisotopic (exact) mass is 420 g/mol. The van der Waals surface area contributed by atoms with E-state index in [0.29, 0.717) is 24.3 Å². The van der Waals surface area contributed by atoms with E-state index in [1.807, 2.05) is 18.2 Å². The molecule has 1 fully saturated rings. The van der Waals surface area contributed by atoms with Crippen LogP contribution in [0.15, 0.2) is 71.5 Å². The molecule has 4 rings (SSSR count). The van der Waals surface area contributed by atoms with Gasteiger partial charge in [0.05, 0.1) is 5.69 Å². The summed E-state index contributed by atoms with van der Waals surface area (Å²) in [4.78, 5) is 29.1. The van der Waals surface area contributed by atoms with Gasteiger partial charge in [0.2, 0.25) is 5.91 Å². The predicted octanol–water partition coefficient (Wildman–Crippen LogP) is 2.44. The third kappa shape index (κ3) is 5.44. The van der Waals surface area contributed by atoms with Crippen LogP contribution >= 0.6 is 0 Å². The number of piperazine rings is 1. The predicted molar refractivity (Wildman–Crippen MR) is 117 cm³/mol. The van der Waals surface area contributed by atoms with E-state index in [9.17, 15) is 14.0 Å². The Hall–Kier alpha value is -3.32. The number of rotatable bonds is 6. The Kier molecular flexibility index (Phi) is 6.52. The Bertz CT molecular complexity index is 1070. The normalized spacial score (nSPS) is 14.5. The third-order valence-electron chi connectivity index (χ3n) is 5.58. The van der Waals surface area contributed by atoms with Crippen LogP contribution in [-0.4, -0.2) is 58.2 Å². The van der Waals surface area contributed by atoms with Crippen LogP contribution in [0.2, 0.25) is 0 Å². The Morgan fingerprint density at radius 3 is 2.32 bits per heavy atom. The van der Waals surface area contributed by atoms with Crippen LogP contribution in [0.3, 0.4) is 0 Å². The fourth-order valence-corrected chi connectivity index (χ4v) is 3.72. The first kappa shape index (κ1) is 20.9. The lowest BCUT2D eigenvalue weighted by Crippen LogP contribution is -2.50.